The van der Waals surface area contributed by atoms with Gasteiger partial charge in [0.2, 0.25) is 0 Å². The number of aromatic nitrogens is 1. The molecule has 6 heteroatoms. The molecule has 0 aliphatic carbocycles. The monoisotopic (exact) mass is 369 g/mol. The lowest BCUT2D eigenvalue weighted by Crippen LogP contribution is -2.36. The first-order valence-electron chi connectivity index (χ1n) is 9.10. The number of carbonyl (C=O) groups is 1. The van der Waals surface area contributed by atoms with Gasteiger partial charge in [-0.05, 0) is 39.3 Å². The van der Waals surface area contributed by atoms with Crippen molar-refractivity contribution in [3.05, 3.63) is 46.7 Å². The molecule has 136 valence electrons. The van der Waals surface area contributed by atoms with Crippen molar-refractivity contribution >= 4 is 33.3 Å². The molecule has 0 radical (unpaired) electrons. The van der Waals surface area contributed by atoms with Crippen molar-refractivity contribution < 1.29 is 9.21 Å². The summed E-state index contributed by atoms with van der Waals surface area (Å²) in [6.45, 7) is 6.23. The first-order valence-corrected chi connectivity index (χ1v) is 9.91. The molecule has 26 heavy (non-hydrogen) atoms. The first kappa shape index (κ1) is 17.2. The molecule has 1 saturated heterocycles. The van der Waals surface area contributed by atoms with Gasteiger partial charge in [-0.2, -0.15) is 0 Å². The van der Waals surface area contributed by atoms with E-state index >= 15 is 0 Å². The Hall–Kier alpha value is -2.18. The summed E-state index contributed by atoms with van der Waals surface area (Å²) in [7, 11) is 0. The summed E-state index contributed by atoms with van der Waals surface area (Å²) in [5.74, 6) is 0.110. The molecule has 4 rings (SSSR count). The Balaban J connectivity index is 1.46. The van der Waals surface area contributed by atoms with Crippen LogP contribution in [0, 0.1) is 6.92 Å². The number of piperidine rings is 1. The molecule has 1 amide bonds. The minimum Gasteiger partial charge on any atom is -0.451 e. The zero-order valence-electron chi connectivity index (χ0n) is 15.1. The van der Waals surface area contributed by atoms with E-state index in [0.717, 1.165) is 29.6 Å². The SMILES string of the molecule is Cc1c(C(=O)Nc2ncc(CN3CCCCC3C)s2)oc2ccccc12. The van der Waals surface area contributed by atoms with E-state index in [1.165, 1.54) is 35.5 Å². The molecule has 1 atom stereocenters. The molecule has 1 fully saturated rings. The number of thiazole rings is 1. The lowest BCUT2D eigenvalue weighted by atomic mass is 10.0. The van der Waals surface area contributed by atoms with E-state index in [2.05, 4.69) is 22.1 Å². The Morgan fingerprint density at radius 2 is 2.23 bits per heavy atom. The van der Waals surface area contributed by atoms with Crippen LogP contribution in [0.25, 0.3) is 11.0 Å². The summed E-state index contributed by atoms with van der Waals surface area (Å²) in [5, 5.41) is 4.47. The summed E-state index contributed by atoms with van der Waals surface area (Å²) in [5.41, 5.74) is 1.59. The third-order valence-corrected chi connectivity index (χ3v) is 6.02. The third kappa shape index (κ3) is 3.39. The van der Waals surface area contributed by atoms with E-state index in [0.29, 0.717) is 16.9 Å². The topological polar surface area (TPSA) is 58.4 Å². The van der Waals surface area contributed by atoms with E-state index in [1.807, 2.05) is 37.4 Å². The minimum atomic E-state index is -0.244. The van der Waals surface area contributed by atoms with Crippen LogP contribution in [0.1, 0.15) is 47.2 Å². The van der Waals surface area contributed by atoms with Gasteiger partial charge in [0, 0.05) is 34.6 Å². The van der Waals surface area contributed by atoms with E-state index < -0.39 is 0 Å². The number of nitrogens with zero attached hydrogens (tertiary/aromatic N) is 2. The lowest BCUT2D eigenvalue weighted by molar-refractivity contribution is 0.0998. The van der Waals surface area contributed by atoms with Crippen LogP contribution in [0.5, 0.6) is 0 Å². The highest BCUT2D eigenvalue weighted by atomic mass is 32.1. The predicted molar refractivity (Wildman–Crippen MR) is 105 cm³/mol. The van der Waals surface area contributed by atoms with Gasteiger partial charge in [0.15, 0.2) is 10.9 Å². The molecule has 1 unspecified atom stereocenters. The average Bonchev–Trinajstić information content (AvgIpc) is 3.22. The Kier molecular flexibility index (Phi) is 4.78. The van der Waals surface area contributed by atoms with Gasteiger partial charge < -0.3 is 4.42 Å². The number of benzene rings is 1. The molecule has 0 saturated carbocycles. The number of para-hydroxylation sites is 1. The molecule has 1 aliphatic rings. The van der Waals surface area contributed by atoms with E-state index in [9.17, 15) is 4.79 Å². The number of aryl methyl sites for hydroxylation is 1. The highest BCUT2D eigenvalue weighted by Gasteiger charge is 2.21. The second-order valence-corrected chi connectivity index (χ2v) is 8.07. The highest BCUT2D eigenvalue weighted by Crippen LogP contribution is 2.27. The third-order valence-electron chi connectivity index (χ3n) is 5.12. The summed E-state index contributed by atoms with van der Waals surface area (Å²) >= 11 is 1.54. The maximum absolute atomic E-state index is 12.6. The first-order chi connectivity index (χ1) is 12.6. The van der Waals surface area contributed by atoms with Crippen molar-refractivity contribution in [2.75, 3.05) is 11.9 Å². The number of anilines is 1. The summed E-state index contributed by atoms with van der Waals surface area (Å²) in [6.07, 6.45) is 5.71. The molecule has 1 aromatic carbocycles. The van der Waals surface area contributed by atoms with Crippen LogP contribution in [0.2, 0.25) is 0 Å². The largest absolute Gasteiger partial charge is 0.451 e. The fraction of sp³-hybridized carbons (Fsp3) is 0.400. The van der Waals surface area contributed by atoms with Gasteiger partial charge >= 0.3 is 0 Å². The van der Waals surface area contributed by atoms with Crippen molar-refractivity contribution in [1.82, 2.24) is 9.88 Å². The number of furan rings is 1. The molecule has 1 N–H and O–H groups in total. The van der Waals surface area contributed by atoms with Crippen LogP contribution < -0.4 is 5.32 Å². The van der Waals surface area contributed by atoms with Crippen LogP contribution >= 0.6 is 11.3 Å². The van der Waals surface area contributed by atoms with Gasteiger partial charge in [0.25, 0.3) is 5.91 Å². The second-order valence-electron chi connectivity index (χ2n) is 6.95. The zero-order valence-corrected chi connectivity index (χ0v) is 15.9. The number of fused-ring (bicyclic) bond motifs is 1. The predicted octanol–water partition coefficient (Wildman–Crippen LogP) is 4.82. The summed E-state index contributed by atoms with van der Waals surface area (Å²) in [6, 6.07) is 8.30. The molecule has 0 spiro atoms. The Morgan fingerprint density at radius 1 is 1.38 bits per heavy atom. The molecule has 2 aromatic heterocycles. The molecule has 5 nitrogen and oxygen atoms in total. The number of amides is 1. The Labute approximate surface area is 157 Å². The van der Waals surface area contributed by atoms with Gasteiger partial charge in [-0.1, -0.05) is 24.6 Å². The Morgan fingerprint density at radius 3 is 3.04 bits per heavy atom. The number of carbonyl (C=O) groups excluding carboxylic acids is 1. The lowest BCUT2D eigenvalue weighted by Gasteiger charge is -2.32. The number of hydrogen-bond donors (Lipinski definition) is 1. The molecule has 3 heterocycles. The zero-order chi connectivity index (χ0) is 18.1. The van der Waals surface area contributed by atoms with Crippen molar-refractivity contribution in [2.24, 2.45) is 0 Å². The fourth-order valence-electron chi connectivity index (χ4n) is 3.58. The van der Waals surface area contributed by atoms with Crippen LogP contribution in [0.3, 0.4) is 0 Å². The van der Waals surface area contributed by atoms with Crippen LogP contribution in [0.4, 0.5) is 5.13 Å². The van der Waals surface area contributed by atoms with Crippen molar-refractivity contribution in [1.29, 1.82) is 0 Å². The number of rotatable bonds is 4. The minimum absolute atomic E-state index is 0.244. The van der Waals surface area contributed by atoms with Gasteiger partial charge in [0.1, 0.15) is 5.58 Å². The van der Waals surface area contributed by atoms with Gasteiger partial charge in [-0.25, -0.2) is 4.98 Å². The molecule has 0 bridgehead atoms. The number of nitrogens with one attached hydrogen (secondary N) is 1. The van der Waals surface area contributed by atoms with Gasteiger partial charge in [-0.15, -0.1) is 11.3 Å². The van der Waals surface area contributed by atoms with Crippen LogP contribution in [0.15, 0.2) is 34.9 Å². The van der Waals surface area contributed by atoms with E-state index in [1.54, 1.807) is 0 Å². The highest BCUT2D eigenvalue weighted by molar-refractivity contribution is 7.15. The molecular formula is C20H23N3O2S. The van der Waals surface area contributed by atoms with Crippen LogP contribution in [-0.4, -0.2) is 28.4 Å². The molecule has 3 aromatic rings. The average molecular weight is 369 g/mol. The maximum atomic E-state index is 12.6. The maximum Gasteiger partial charge on any atom is 0.293 e. The van der Waals surface area contributed by atoms with Gasteiger partial charge in [0.05, 0.1) is 0 Å². The van der Waals surface area contributed by atoms with E-state index in [-0.39, 0.29) is 5.91 Å². The molecular weight excluding hydrogens is 346 g/mol. The standard InChI is InChI=1S/C20H23N3O2S/c1-13-7-5-6-10-23(13)12-15-11-21-20(26-15)22-19(24)18-14(2)16-8-3-4-9-17(16)25-18/h3-4,8-9,11,13H,5-7,10,12H2,1-2H3,(H,21,22,24). The second kappa shape index (κ2) is 7.21. The Bertz CT molecular complexity index is 930. The number of likely N-dealkylation sites (tertiary alicyclic amines) is 1. The normalized spacial score (nSPS) is 18.3. The fourth-order valence-corrected chi connectivity index (χ4v) is 4.41. The quantitative estimate of drug-likeness (QED) is 0.716. The van der Waals surface area contributed by atoms with E-state index in [4.69, 9.17) is 4.42 Å². The number of hydrogen-bond acceptors (Lipinski definition) is 5. The summed E-state index contributed by atoms with van der Waals surface area (Å²) in [4.78, 5) is 20.6. The van der Waals surface area contributed by atoms with Crippen molar-refractivity contribution in [3.8, 4) is 0 Å². The van der Waals surface area contributed by atoms with Crippen molar-refractivity contribution in [3.63, 3.8) is 0 Å². The summed E-state index contributed by atoms with van der Waals surface area (Å²) < 4.78 is 5.73. The van der Waals surface area contributed by atoms with Crippen molar-refractivity contribution in [2.45, 2.75) is 45.7 Å². The van der Waals surface area contributed by atoms with Crippen LogP contribution in [-0.2, 0) is 6.54 Å². The van der Waals surface area contributed by atoms with Gasteiger partial charge in [-0.3, -0.25) is 15.0 Å². The molecule has 1 aliphatic heterocycles. The smallest absolute Gasteiger partial charge is 0.293 e.